The number of para-hydroxylation sites is 1. The molecule has 1 aromatic carbocycles. The van der Waals surface area contributed by atoms with Gasteiger partial charge in [-0.1, -0.05) is 18.2 Å². The third-order valence-electron chi connectivity index (χ3n) is 4.26. The number of carbonyl (C=O) groups is 1. The van der Waals surface area contributed by atoms with Crippen molar-refractivity contribution in [1.82, 2.24) is 15.5 Å². The predicted octanol–water partition coefficient (Wildman–Crippen LogP) is 0.551. The molecule has 0 bridgehead atoms. The van der Waals surface area contributed by atoms with Gasteiger partial charge in [-0.2, -0.15) is 0 Å². The standard InChI is InChI=1S/C18H30N4O2/c1-24-16-10-19-8-9-20-18(23)7-11-21-12-14-22(15-13-21)17-5-3-2-4-6-17/h2-6,19H,7-16H2,1H3,(H,20,23). The second-order valence-corrected chi connectivity index (χ2v) is 6.01. The minimum atomic E-state index is 0.133. The van der Waals surface area contributed by atoms with Crippen molar-refractivity contribution in [2.24, 2.45) is 0 Å². The molecular weight excluding hydrogens is 304 g/mol. The van der Waals surface area contributed by atoms with E-state index in [1.165, 1.54) is 5.69 Å². The van der Waals surface area contributed by atoms with Gasteiger partial charge in [-0.05, 0) is 12.1 Å². The van der Waals surface area contributed by atoms with E-state index in [4.69, 9.17) is 4.74 Å². The Hall–Kier alpha value is -1.63. The van der Waals surface area contributed by atoms with E-state index in [-0.39, 0.29) is 5.91 Å². The fourth-order valence-corrected chi connectivity index (χ4v) is 2.81. The number of nitrogens with zero attached hydrogens (tertiary/aromatic N) is 2. The van der Waals surface area contributed by atoms with E-state index in [0.29, 0.717) is 19.6 Å². The first-order valence-electron chi connectivity index (χ1n) is 8.78. The van der Waals surface area contributed by atoms with Crippen molar-refractivity contribution in [3.8, 4) is 0 Å². The topological polar surface area (TPSA) is 56.8 Å². The van der Waals surface area contributed by atoms with Crippen LogP contribution in [0.5, 0.6) is 0 Å². The van der Waals surface area contributed by atoms with Crippen molar-refractivity contribution in [1.29, 1.82) is 0 Å². The summed E-state index contributed by atoms with van der Waals surface area (Å²) in [6, 6.07) is 10.5. The third kappa shape index (κ3) is 6.86. The van der Waals surface area contributed by atoms with Crippen molar-refractivity contribution in [2.45, 2.75) is 6.42 Å². The number of nitrogens with one attached hydrogen (secondary N) is 2. The van der Waals surface area contributed by atoms with E-state index in [9.17, 15) is 4.79 Å². The lowest BCUT2D eigenvalue weighted by atomic mass is 10.2. The molecule has 1 fully saturated rings. The molecule has 6 heteroatoms. The summed E-state index contributed by atoms with van der Waals surface area (Å²) in [5, 5.41) is 6.17. The number of hydrogen-bond acceptors (Lipinski definition) is 5. The molecule has 134 valence electrons. The first kappa shape index (κ1) is 18.7. The number of benzene rings is 1. The average molecular weight is 334 g/mol. The molecule has 6 nitrogen and oxygen atoms in total. The summed E-state index contributed by atoms with van der Waals surface area (Å²) in [6.07, 6.45) is 0.573. The summed E-state index contributed by atoms with van der Waals surface area (Å²) >= 11 is 0. The van der Waals surface area contributed by atoms with Gasteiger partial charge < -0.3 is 20.3 Å². The molecule has 0 spiro atoms. The number of piperazine rings is 1. The van der Waals surface area contributed by atoms with Gasteiger partial charge in [-0.25, -0.2) is 0 Å². The second kappa shape index (κ2) is 11.0. The van der Waals surface area contributed by atoms with Gasteiger partial charge in [0.05, 0.1) is 6.61 Å². The maximum atomic E-state index is 11.9. The molecule has 0 aliphatic carbocycles. The first-order valence-corrected chi connectivity index (χ1v) is 8.78. The number of ether oxygens (including phenoxy) is 1. The van der Waals surface area contributed by atoms with Gasteiger partial charge in [0.15, 0.2) is 0 Å². The highest BCUT2D eigenvalue weighted by Crippen LogP contribution is 2.15. The molecule has 24 heavy (non-hydrogen) atoms. The van der Waals surface area contributed by atoms with E-state index in [1.54, 1.807) is 7.11 Å². The third-order valence-corrected chi connectivity index (χ3v) is 4.26. The van der Waals surface area contributed by atoms with Crippen LogP contribution in [0, 0.1) is 0 Å². The molecule has 1 heterocycles. The molecule has 1 saturated heterocycles. The molecule has 0 saturated carbocycles. The van der Waals surface area contributed by atoms with Crippen LogP contribution in [0.4, 0.5) is 5.69 Å². The van der Waals surface area contributed by atoms with Crippen molar-refractivity contribution in [3.63, 3.8) is 0 Å². The molecule has 1 aliphatic rings. The zero-order valence-electron chi connectivity index (χ0n) is 14.7. The average Bonchev–Trinajstić information content (AvgIpc) is 2.64. The van der Waals surface area contributed by atoms with E-state index < -0.39 is 0 Å². The Labute approximate surface area is 145 Å². The van der Waals surface area contributed by atoms with E-state index in [1.807, 2.05) is 6.07 Å². The van der Waals surface area contributed by atoms with Crippen LogP contribution in [0.15, 0.2) is 30.3 Å². The molecule has 0 aromatic heterocycles. The fraction of sp³-hybridized carbons (Fsp3) is 0.611. The summed E-state index contributed by atoms with van der Waals surface area (Å²) in [7, 11) is 1.68. The monoisotopic (exact) mass is 334 g/mol. The van der Waals surface area contributed by atoms with Gasteiger partial charge in [0.1, 0.15) is 0 Å². The van der Waals surface area contributed by atoms with Crippen LogP contribution in [0.1, 0.15) is 6.42 Å². The van der Waals surface area contributed by atoms with Gasteiger partial charge >= 0.3 is 0 Å². The van der Waals surface area contributed by atoms with Gasteiger partial charge in [0.25, 0.3) is 0 Å². The summed E-state index contributed by atoms with van der Waals surface area (Å²) in [5.41, 5.74) is 1.29. The normalized spacial score (nSPS) is 15.5. The Morgan fingerprint density at radius 2 is 1.83 bits per heavy atom. The summed E-state index contributed by atoms with van der Waals surface area (Å²) in [6.45, 7) is 7.88. The first-order chi connectivity index (χ1) is 11.8. The molecule has 1 amide bonds. The smallest absolute Gasteiger partial charge is 0.221 e. The Bertz CT molecular complexity index is 461. The van der Waals surface area contributed by atoms with Crippen LogP contribution in [0.25, 0.3) is 0 Å². The molecule has 1 aliphatic heterocycles. The zero-order valence-corrected chi connectivity index (χ0v) is 14.7. The predicted molar refractivity (Wildman–Crippen MR) is 97.5 cm³/mol. The Morgan fingerprint density at radius 3 is 2.54 bits per heavy atom. The lowest BCUT2D eigenvalue weighted by Crippen LogP contribution is -2.47. The van der Waals surface area contributed by atoms with E-state index >= 15 is 0 Å². The maximum absolute atomic E-state index is 11.9. The number of carbonyl (C=O) groups excluding carboxylic acids is 1. The van der Waals surface area contributed by atoms with Crippen LogP contribution in [-0.2, 0) is 9.53 Å². The number of rotatable bonds is 10. The van der Waals surface area contributed by atoms with Crippen LogP contribution in [-0.4, -0.2) is 76.9 Å². The summed E-state index contributed by atoms with van der Waals surface area (Å²) in [4.78, 5) is 16.6. The molecule has 0 unspecified atom stereocenters. The van der Waals surface area contributed by atoms with Crippen molar-refractivity contribution in [3.05, 3.63) is 30.3 Å². The molecule has 2 rings (SSSR count). The fourth-order valence-electron chi connectivity index (χ4n) is 2.81. The Balaban J connectivity index is 1.53. The van der Waals surface area contributed by atoms with Crippen molar-refractivity contribution in [2.75, 3.05) is 71.0 Å². The zero-order chi connectivity index (χ0) is 17.0. The Kier molecular flexibility index (Phi) is 8.59. The summed E-state index contributed by atoms with van der Waals surface area (Å²) in [5.74, 6) is 0.133. The SMILES string of the molecule is COCCNCCNC(=O)CCN1CCN(c2ccccc2)CC1. The highest BCUT2D eigenvalue weighted by Gasteiger charge is 2.17. The second-order valence-electron chi connectivity index (χ2n) is 6.01. The Morgan fingerprint density at radius 1 is 1.08 bits per heavy atom. The lowest BCUT2D eigenvalue weighted by Gasteiger charge is -2.36. The molecule has 2 N–H and O–H groups in total. The quantitative estimate of drug-likeness (QED) is 0.612. The molecular formula is C18H30N4O2. The van der Waals surface area contributed by atoms with Crippen LogP contribution in [0.2, 0.25) is 0 Å². The molecule has 0 radical (unpaired) electrons. The van der Waals surface area contributed by atoms with Gasteiger partial charge in [0.2, 0.25) is 5.91 Å². The van der Waals surface area contributed by atoms with Crippen molar-refractivity contribution >= 4 is 11.6 Å². The van der Waals surface area contributed by atoms with Crippen LogP contribution in [0.3, 0.4) is 0 Å². The largest absolute Gasteiger partial charge is 0.383 e. The lowest BCUT2D eigenvalue weighted by molar-refractivity contribution is -0.121. The number of anilines is 1. The number of methoxy groups -OCH3 is 1. The molecule has 0 atom stereocenters. The maximum Gasteiger partial charge on any atom is 0.221 e. The number of amides is 1. The minimum absolute atomic E-state index is 0.133. The van der Waals surface area contributed by atoms with Crippen molar-refractivity contribution < 1.29 is 9.53 Å². The van der Waals surface area contributed by atoms with Crippen LogP contribution < -0.4 is 15.5 Å². The number of hydrogen-bond donors (Lipinski definition) is 2. The van der Waals surface area contributed by atoms with Gasteiger partial charge in [-0.3, -0.25) is 9.69 Å². The highest BCUT2D eigenvalue weighted by atomic mass is 16.5. The van der Waals surface area contributed by atoms with Gasteiger partial charge in [-0.15, -0.1) is 0 Å². The van der Waals surface area contributed by atoms with Crippen LogP contribution >= 0.6 is 0 Å². The minimum Gasteiger partial charge on any atom is -0.383 e. The van der Waals surface area contributed by atoms with E-state index in [2.05, 4.69) is 44.7 Å². The van der Waals surface area contributed by atoms with E-state index in [0.717, 1.165) is 45.8 Å². The van der Waals surface area contributed by atoms with Gasteiger partial charge in [0, 0.05) is 71.6 Å². The highest BCUT2D eigenvalue weighted by molar-refractivity contribution is 5.76. The summed E-state index contributed by atoms with van der Waals surface area (Å²) < 4.78 is 4.95. The molecule has 1 aromatic rings.